The molecule has 1 fully saturated rings. The minimum absolute atomic E-state index is 0.366. The summed E-state index contributed by atoms with van der Waals surface area (Å²) in [7, 11) is 0. The minimum Gasteiger partial charge on any atom is -0.383 e. The second-order valence-electron chi connectivity index (χ2n) is 9.05. The quantitative estimate of drug-likeness (QED) is 0.411. The molecule has 1 aliphatic heterocycles. The smallest absolute Gasteiger partial charge is 0.167 e. The number of rotatable bonds is 5. The van der Waals surface area contributed by atoms with E-state index in [-0.39, 0.29) is 0 Å². The number of aryl methyl sites for hydroxylation is 1. The number of nitrogens with two attached hydrogens (primary N) is 1. The van der Waals surface area contributed by atoms with Gasteiger partial charge in [0.15, 0.2) is 17.3 Å². The molecule has 1 unspecified atom stereocenters. The van der Waals surface area contributed by atoms with Crippen molar-refractivity contribution in [2.45, 2.75) is 24.9 Å². The number of nitrogens with zero attached hydrogens (tertiary/aromatic N) is 6. The Kier molecular flexibility index (Phi) is 4.64. The third-order valence-electron chi connectivity index (χ3n) is 6.85. The van der Waals surface area contributed by atoms with Crippen LogP contribution in [0.5, 0.6) is 0 Å². The number of nitrogen functional groups attached to an aromatic ring is 1. The fourth-order valence-corrected chi connectivity index (χ4v) is 5.04. The number of anilines is 1. The lowest BCUT2D eigenvalue weighted by molar-refractivity contribution is -0.0100. The number of imidazole rings is 1. The van der Waals surface area contributed by atoms with Crippen molar-refractivity contribution in [3.05, 3.63) is 78.2 Å². The second kappa shape index (κ2) is 8.00. The SMILES string of the molecule is Nc1ncccc1-c1nc2ccc(-n3cccn3)nc2n1-c1ccc2c(c1)CCC2NC1COC1. The van der Waals surface area contributed by atoms with Gasteiger partial charge in [-0.3, -0.25) is 4.57 Å². The zero-order valence-electron chi connectivity index (χ0n) is 19.0. The average Bonchev–Trinajstić information content (AvgIpc) is 3.59. The summed E-state index contributed by atoms with van der Waals surface area (Å²) in [6, 6.07) is 17.1. The van der Waals surface area contributed by atoms with Gasteiger partial charge in [-0.25, -0.2) is 19.6 Å². The zero-order chi connectivity index (χ0) is 23.4. The van der Waals surface area contributed by atoms with E-state index < -0.39 is 0 Å². The van der Waals surface area contributed by atoms with Crippen molar-refractivity contribution in [2.24, 2.45) is 0 Å². The van der Waals surface area contributed by atoms with E-state index in [9.17, 15) is 0 Å². The molecular formula is C26H24N8O. The van der Waals surface area contributed by atoms with E-state index in [1.807, 2.05) is 36.5 Å². The predicted molar refractivity (Wildman–Crippen MR) is 132 cm³/mol. The molecule has 0 spiro atoms. The molecule has 7 rings (SSSR count). The Morgan fingerprint density at radius 3 is 2.77 bits per heavy atom. The van der Waals surface area contributed by atoms with Crippen molar-refractivity contribution in [1.82, 2.24) is 34.6 Å². The Balaban J connectivity index is 1.39. The molecule has 1 aliphatic carbocycles. The van der Waals surface area contributed by atoms with Gasteiger partial charge in [0.2, 0.25) is 0 Å². The molecule has 35 heavy (non-hydrogen) atoms. The van der Waals surface area contributed by atoms with Crippen LogP contribution in [-0.2, 0) is 11.2 Å². The summed E-state index contributed by atoms with van der Waals surface area (Å²) < 4.78 is 9.17. The van der Waals surface area contributed by atoms with Crippen LogP contribution in [0.1, 0.15) is 23.6 Å². The third kappa shape index (κ3) is 3.39. The van der Waals surface area contributed by atoms with Crippen LogP contribution in [0.4, 0.5) is 5.82 Å². The van der Waals surface area contributed by atoms with E-state index in [2.05, 4.69) is 38.2 Å². The molecule has 0 saturated carbocycles. The first-order chi connectivity index (χ1) is 17.2. The van der Waals surface area contributed by atoms with Crippen LogP contribution in [0.15, 0.2) is 67.1 Å². The Hall–Kier alpha value is -4.08. The summed E-state index contributed by atoms with van der Waals surface area (Å²) in [4.78, 5) is 14.2. The number of aromatic nitrogens is 6. The van der Waals surface area contributed by atoms with Crippen molar-refractivity contribution in [1.29, 1.82) is 0 Å². The Morgan fingerprint density at radius 1 is 1.03 bits per heavy atom. The van der Waals surface area contributed by atoms with Gasteiger partial charge in [0.1, 0.15) is 11.3 Å². The van der Waals surface area contributed by atoms with Crippen LogP contribution in [0.25, 0.3) is 34.1 Å². The van der Waals surface area contributed by atoms with E-state index >= 15 is 0 Å². The summed E-state index contributed by atoms with van der Waals surface area (Å²) in [5.41, 5.74) is 12.3. The van der Waals surface area contributed by atoms with Crippen molar-refractivity contribution in [2.75, 3.05) is 18.9 Å². The molecule has 9 heteroatoms. The molecule has 9 nitrogen and oxygen atoms in total. The van der Waals surface area contributed by atoms with Crippen LogP contribution in [0.3, 0.4) is 0 Å². The van der Waals surface area contributed by atoms with E-state index in [1.54, 1.807) is 17.1 Å². The largest absolute Gasteiger partial charge is 0.383 e. The number of benzene rings is 1. The molecule has 0 amide bonds. The van der Waals surface area contributed by atoms with E-state index in [0.29, 0.717) is 17.9 Å². The van der Waals surface area contributed by atoms with Gasteiger partial charge in [0, 0.05) is 30.3 Å². The highest BCUT2D eigenvalue weighted by Gasteiger charge is 2.28. The van der Waals surface area contributed by atoms with E-state index in [0.717, 1.165) is 60.1 Å². The van der Waals surface area contributed by atoms with Gasteiger partial charge in [-0.05, 0) is 66.4 Å². The van der Waals surface area contributed by atoms with Crippen LogP contribution in [0.2, 0.25) is 0 Å². The third-order valence-corrected chi connectivity index (χ3v) is 6.85. The standard InChI is InChI=1S/C26H24N8O/c27-24-20(3-1-10-28-24)25-31-22-8-9-23(33-12-2-11-29-33)32-26(22)34(25)18-5-6-19-16(13-18)4-7-21(19)30-17-14-35-15-17/h1-3,5-6,8-13,17,21,30H,4,7,14-15H2,(H2,27,28). The predicted octanol–water partition coefficient (Wildman–Crippen LogP) is 3.23. The summed E-state index contributed by atoms with van der Waals surface area (Å²) in [5.74, 6) is 1.88. The molecule has 0 bridgehead atoms. The van der Waals surface area contributed by atoms with Crippen LogP contribution < -0.4 is 11.1 Å². The molecule has 5 aromatic rings. The first kappa shape index (κ1) is 20.3. The molecule has 1 aromatic carbocycles. The highest BCUT2D eigenvalue weighted by atomic mass is 16.5. The van der Waals surface area contributed by atoms with Crippen molar-refractivity contribution in [3.63, 3.8) is 0 Å². The number of hydrogen-bond donors (Lipinski definition) is 2. The molecule has 174 valence electrons. The van der Waals surface area contributed by atoms with Gasteiger partial charge in [0.05, 0.1) is 24.8 Å². The number of hydrogen-bond acceptors (Lipinski definition) is 7. The lowest BCUT2D eigenvalue weighted by Gasteiger charge is -2.30. The van der Waals surface area contributed by atoms with Crippen molar-refractivity contribution in [3.8, 4) is 22.9 Å². The Bertz CT molecular complexity index is 1540. The lowest BCUT2D eigenvalue weighted by atomic mass is 10.1. The van der Waals surface area contributed by atoms with Gasteiger partial charge in [-0.2, -0.15) is 5.10 Å². The monoisotopic (exact) mass is 464 g/mol. The highest BCUT2D eigenvalue weighted by molar-refractivity contribution is 5.83. The van der Waals surface area contributed by atoms with Crippen LogP contribution in [-0.4, -0.2) is 48.6 Å². The van der Waals surface area contributed by atoms with Crippen molar-refractivity contribution >= 4 is 17.0 Å². The minimum atomic E-state index is 0.366. The van der Waals surface area contributed by atoms with Gasteiger partial charge < -0.3 is 15.8 Å². The van der Waals surface area contributed by atoms with Gasteiger partial charge in [-0.15, -0.1) is 0 Å². The first-order valence-corrected chi connectivity index (χ1v) is 11.8. The maximum Gasteiger partial charge on any atom is 0.167 e. The normalized spacial score (nSPS) is 17.5. The van der Waals surface area contributed by atoms with Crippen molar-refractivity contribution < 1.29 is 4.74 Å². The number of pyridine rings is 2. The number of ether oxygens (including phenoxy) is 1. The van der Waals surface area contributed by atoms with Crippen LogP contribution in [0, 0.1) is 0 Å². The van der Waals surface area contributed by atoms with E-state index in [1.165, 1.54) is 11.1 Å². The molecular weight excluding hydrogens is 440 g/mol. The zero-order valence-corrected chi connectivity index (χ0v) is 19.0. The molecule has 4 aromatic heterocycles. The summed E-state index contributed by atoms with van der Waals surface area (Å²) in [5, 5.41) is 8.08. The summed E-state index contributed by atoms with van der Waals surface area (Å²) in [6.07, 6.45) is 7.42. The first-order valence-electron chi connectivity index (χ1n) is 11.8. The molecule has 1 atom stereocenters. The molecule has 2 aliphatic rings. The fourth-order valence-electron chi connectivity index (χ4n) is 5.04. The molecule has 0 radical (unpaired) electrons. The maximum absolute atomic E-state index is 6.28. The number of fused-ring (bicyclic) bond motifs is 2. The van der Waals surface area contributed by atoms with Gasteiger partial charge >= 0.3 is 0 Å². The summed E-state index contributed by atoms with van der Waals surface area (Å²) >= 11 is 0. The second-order valence-corrected chi connectivity index (χ2v) is 9.05. The fraction of sp³-hybridized carbons (Fsp3) is 0.231. The Morgan fingerprint density at radius 2 is 1.97 bits per heavy atom. The number of nitrogens with one attached hydrogen (secondary N) is 1. The maximum atomic E-state index is 6.28. The highest BCUT2D eigenvalue weighted by Crippen LogP contribution is 2.36. The van der Waals surface area contributed by atoms with Gasteiger partial charge in [0.25, 0.3) is 0 Å². The average molecular weight is 465 g/mol. The lowest BCUT2D eigenvalue weighted by Crippen LogP contribution is -2.46. The topological polar surface area (TPSA) is 109 Å². The summed E-state index contributed by atoms with van der Waals surface area (Å²) in [6.45, 7) is 1.59. The van der Waals surface area contributed by atoms with Crippen LogP contribution >= 0.6 is 0 Å². The molecule has 1 saturated heterocycles. The molecule has 5 heterocycles. The molecule has 3 N–H and O–H groups in total. The Labute approximate surface area is 201 Å². The van der Waals surface area contributed by atoms with Gasteiger partial charge in [-0.1, -0.05) is 6.07 Å². The van der Waals surface area contributed by atoms with E-state index in [4.69, 9.17) is 20.4 Å².